The monoisotopic (exact) mass is 440 g/mol. The van der Waals surface area contributed by atoms with Gasteiger partial charge in [0.05, 0.1) is 5.56 Å². The predicted molar refractivity (Wildman–Crippen MR) is 115 cm³/mol. The minimum atomic E-state index is -4.55. The number of carbonyl (C=O) groups is 2. The number of halogens is 3. The molecule has 0 aliphatic heterocycles. The fraction of sp³-hybridized carbons (Fsp3) is 0.130. The van der Waals surface area contributed by atoms with Gasteiger partial charge in [-0.3, -0.25) is 9.59 Å². The molecule has 32 heavy (non-hydrogen) atoms. The number of benzene rings is 2. The van der Waals surface area contributed by atoms with Crippen molar-refractivity contribution >= 4 is 29.3 Å². The summed E-state index contributed by atoms with van der Waals surface area (Å²) in [5.74, 6) is -1.10. The number of carbonyl (C=O) groups excluding carboxylic acids is 2. The molecule has 6 nitrogen and oxygen atoms in total. The van der Waals surface area contributed by atoms with E-state index >= 15 is 0 Å². The number of aryl methyl sites for hydroxylation is 2. The smallest absolute Gasteiger partial charge is 0.322 e. The lowest BCUT2D eigenvalue weighted by Gasteiger charge is -2.13. The van der Waals surface area contributed by atoms with Gasteiger partial charge in [-0.15, -0.1) is 0 Å². The number of rotatable bonds is 5. The van der Waals surface area contributed by atoms with Gasteiger partial charge in [0, 0.05) is 41.0 Å². The summed E-state index contributed by atoms with van der Waals surface area (Å²) in [6, 6.07) is 8.20. The van der Waals surface area contributed by atoms with E-state index in [0.29, 0.717) is 16.9 Å². The van der Waals surface area contributed by atoms with Crippen molar-refractivity contribution < 1.29 is 22.8 Å². The fourth-order valence-electron chi connectivity index (χ4n) is 2.85. The van der Waals surface area contributed by atoms with Gasteiger partial charge in [0.15, 0.2) is 0 Å². The lowest BCUT2D eigenvalue weighted by atomic mass is 10.0. The highest BCUT2D eigenvalue weighted by Gasteiger charge is 2.33. The number of aromatic nitrogens is 2. The number of hydrogen-bond donors (Lipinski definition) is 2. The van der Waals surface area contributed by atoms with Crippen LogP contribution < -0.4 is 10.6 Å². The van der Waals surface area contributed by atoms with E-state index in [0.717, 1.165) is 11.6 Å². The molecule has 164 valence electrons. The molecular formula is C23H19F3N4O2. The van der Waals surface area contributed by atoms with E-state index in [2.05, 4.69) is 20.6 Å². The third-order valence-corrected chi connectivity index (χ3v) is 4.57. The van der Waals surface area contributed by atoms with Crippen LogP contribution in [0.15, 0.2) is 61.2 Å². The normalized spacial score (nSPS) is 11.4. The molecule has 0 radical (unpaired) electrons. The highest BCUT2D eigenvalue weighted by Crippen LogP contribution is 2.32. The zero-order valence-corrected chi connectivity index (χ0v) is 17.2. The topological polar surface area (TPSA) is 84.0 Å². The van der Waals surface area contributed by atoms with Crippen LogP contribution >= 0.6 is 0 Å². The van der Waals surface area contributed by atoms with Gasteiger partial charge in [-0.05, 0) is 55.3 Å². The van der Waals surface area contributed by atoms with Gasteiger partial charge in [0.1, 0.15) is 6.33 Å². The molecule has 1 heterocycles. The number of alkyl halides is 3. The largest absolute Gasteiger partial charge is 0.416 e. The van der Waals surface area contributed by atoms with Gasteiger partial charge in [0.2, 0.25) is 5.91 Å². The molecule has 9 heteroatoms. The Morgan fingerprint density at radius 2 is 1.62 bits per heavy atom. The first-order valence-corrected chi connectivity index (χ1v) is 9.47. The summed E-state index contributed by atoms with van der Waals surface area (Å²) in [6.45, 7) is 3.10. The van der Waals surface area contributed by atoms with Gasteiger partial charge in [0.25, 0.3) is 5.91 Å². The van der Waals surface area contributed by atoms with Gasteiger partial charge in [-0.1, -0.05) is 12.1 Å². The van der Waals surface area contributed by atoms with E-state index in [1.807, 2.05) is 0 Å². The molecule has 1 aromatic heterocycles. The standard InChI is InChI=1S/C23H19F3N4O2/c1-14-3-6-17(9-19(14)23(24,25)26)22(32)29-18-7-4-15(2)20(10-18)30-21(31)8-5-16-11-27-13-28-12-16/h3-13H,1-2H3,(H,29,32)(H,30,31)/b8-5+. The zero-order chi connectivity index (χ0) is 23.3. The Bertz CT molecular complexity index is 1180. The summed E-state index contributed by atoms with van der Waals surface area (Å²) in [7, 11) is 0. The minimum Gasteiger partial charge on any atom is -0.322 e. The van der Waals surface area contributed by atoms with Crippen molar-refractivity contribution in [2.75, 3.05) is 10.6 Å². The molecule has 0 atom stereocenters. The van der Waals surface area contributed by atoms with E-state index < -0.39 is 23.6 Å². The maximum absolute atomic E-state index is 13.1. The predicted octanol–water partition coefficient (Wildman–Crippen LogP) is 5.02. The molecule has 0 aliphatic carbocycles. The molecule has 2 N–H and O–H groups in total. The molecule has 0 aliphatic rings. The third kappa shape index (κ3) is 5.78. The molecule has 2 amide bonds. The first-order chi connectivity index (χ1) is 15.1. The van der Waals surface area contributed by atoms with Gasteiger partial charge >= 0.3 is 6.18 Å². The zero-order valence-electron chi connectivity index (χ0n) is 17.2. The summed E-state index contributed by atoms with van der Waals surface area (Å²) < 4.78 is 39.4. The molecule has 0 spiro atoms. The number of amides is 2. The average Bonchev–Trinajstić information content (AvgIpc) is 2.75. The number of nitrogens with one attached hydrogen (secondary N) is 2. The van der Waals surface area contributed by atoms with Crippen LogP contribution in [0.1, 0.15) is 32.6 Å². The first-order valence-electron chi connectivity index (χ1n) is 9.47. The lowest BCUT2D eigenvalue weighted by molar-refractivity contribution is -0.138. The average molecular weight is 440 g/mol. The van der Waals surface area contributed by atoms with Crippen LogP contribution in [0.3, 0.4) is 0 Å². The Hall–Kier alpha value is -4.01. The molecule has 0 saturated carbocycles. The molecule has 0 saturated heterocycles. The third-order valence-electron chi connectivity index (χ3n) is 4.57. The minimum absolute atomic E-state index is 0.0319. The maximum atomic E-state index is 13.1. The number of anilines is 2. The Kier molecular flexibility index (Phi) is 6.67. The van der Waals surface area contributed by atoms with Crippen molar-refractivity contribution in [3.8, 4) is 0 Å². The van der Waals surface area contributed by atoms with Crippen molar-refractivity contribution in [3.63, 3.8) is 0 Å². The molecule has 0 fully saturated rings. The van der Waals surface area contributed by atoms with E-state index in [1.165, 1.54) is 37.5 Å². The van der Waals surface area contributed by atoms with Crippen molar-refractivity contribution in [1.82, 2.24) is 9.97 Å². The molecule has 0 unspecified atom stereocenters. The SMILES string of the molecule is Cc1ccc(NC(=O)c2ccc(C)c(C(F)(F)F)c2)cc1NC(=O)/C=C/c1cncnc1. The highest BCUT2D eigenvalue weighted by molar-refractivity contribution is 6.06. The molecule has 3 rings (SSSR count). The van der Waals surface area contributed by atoms with Crippen LogP contribution in [-0.4, -0.2) is 21.8 Å². The second-order valence-electron chi connectivity index (χ2n) is 7.01. The first kappa shape index (κ1) is 22.7. The summed E-state index contributed by atoms with van der Waals surface area (Å²) in [5, 5.41) is 5.27. The fourth-order valence-corrected chi connectivity index (χ4v) is 2.85. The van der Waals surface area contributed by atoms with Gasteiger partial charge < -0.3 is 10.6 Å². The maximum Gasteiger partial charge on any atom is 0.416 e. The second-order valence-corrected chi connectivity index (χ2v) is 7.01. The van der Waals surface area contributed by atoms with Crippen LogP contribution in [0.5, 0.6) is 0 Å². The molecule has 0 bridgehead atoms. The van der Waals surface area contributed by atoms with Gasteiger partial charge in [-0.25, -0.2) is 9.97 Å². The van der Waals surface area contributed by atoms with Crippen LogP contribution in [-0.2, 0) is 11.0 Å². The van der Waals surface area contributed by atoms with Crippen LogP contribution in [0.25, 0.3) is 6.08 Å². The van der Waals surface area contributed by atoms with Crippen LogP contribution in [0, 0.1) is 13.8 Å². The van der Waals surface area contributed by atoms with Crippen molar-refractivity contribution in [2.45, 2.75) is 20.0 Å². The number of nitrogens with zero attached hydrogens (tertiary/aromatic N) is 2. The lowest BCUT2D eigenvalue weighted by Crippen LogP contribution is -2.15. The second kappa shape index (κ2) is 9.42. The van der Waals surface area contributed by atoms with Gasteiger partial charge in [-0.2, -0.15) is 13.2 Å². The Balaban J connectivity index is 1.74. The summed E-state index contributed by atoms with van der Waals surface area (Å²) in [6.07, 6.45) is 2.78. The van der Waals surface area contributed by atoms with Crippen molar-refractivity contribution in [1.29, 1.82) is 0 Å². The van der Waals surface area contributed by atoms with E-state index in [4.69, 9.17) is 0 Å². The van der Waals surface area contributed by atoms with Crippen molar-refractivity contribution in [3.05, 3.63) is 89.0 Å². The molecule has 3 aromatic rings. The van der Waals surface area contributed by atoms with E-state index in [9.17, 15) is 22.8 Å². The van der Waals surface area contributed by atoms with Crippen molar-refractivity contribution in [2.24, 2.45) is 0 Å². The quantitative estimate of drug-likeness (QED) is 0.546. The van der Waals surface area contributed by atoms with Crippen LogP contribution in [0.4, 0.5) is 24.5 Å². The molecule has 2 aromatic carbocycles. The number of hydrogen-bond acceptors (Lipinski definition) is 4. The Morgan fingerprint density at radius 3 is 2.31 bits per heavy atom. The van der Waals surface area contributed by atoms with Crippen LogP contribution in [0.2, 0.25) is 0 Å². The molecular weight excluding hydrogens is 421 g/mol. The highest BCUT2D eigenvalue weighted by atomic mass is 19.4. The summed E-state index contributed by atoms with van der Waals surface area (Å²) in [5.41, 5.74) is 1.20. The van der Waals surface area contributed by atoms with E-state index in [1.54, 1.807) is 37.5 Å². The Labute approximate surface area is 182 Å². The van der Waals surface area contributed by atoms with E-state index in [-0.39, 0.29) is 11.1 Å². The Morgan fingerprint density at radius 1 is 0.938 bits per heavy atom. The summed E-state index contributed by atoms with van der Waals surface area (Å²) in [4.78, 5) is 32.4. The summed E-state index contributed by atoms with van der Waals surface area (Å²) >= 11 is 0.